The Morgan fingerprint density at radius 3 is 3.18 bits per heavy atom. The Morgan fingerprint density at radius 2 is 2.36 bits per heavy atom. The summed E-state index contributed by atoms with van der Waals surface area (Å²) < 4.78 is 0. The van der Waals surface area contributed by atoms with Crippen molar-refractivity contribution in [2.75, 3.05) is 0 Å². The van der Waals surface area contributed by atoms with E-state index >= 15 is 0 Å². The molecule has 2 nitrogen and oxygen atoms in total. The summed E-state index contributed by atoms with van der Waals surface area (Å²) in [4.78, 5) is 10.6. The standard InChI is InChI=1S/C9H13NO/c11-6-8-3-1-2-7-4-5-10-9(7)8/h4-10H,1-3H2. The molecule has 1 fully saturated rings. The number of fused-ring (bicyclic) bond motifs is 1. The molecule has 1 aliphatic carbocycles. The van der Waals surface area contributed by atoms with Crippen LogP contribution in [0, 0.1) is 11.8 Å². The number of carbonyl (C=O) groups excluding carboxylic acids is 1. The van der Waals surface area contributed by atoms with Gasteiger partial charge in [-0.1, -0.05) is 12.5 Å². The molecule has 1 heterocycles. The molecule has 2 aliphatic rings. The molecule has 3 atom stereocenters. The number of hydrogen-bond acceptors (Lipinski definition) is 2. The molecule has 2 heteroatoms. The lowest BCUT2D eigenvalue weighted by molar-refractivity contribution is -0.112. The molecule has 11 heavy (non-hydrogen) atoms. The van der Waals surface area contributed by atoms with Crippen molar-refractivity contribution < 1.29 is 4.79 Å². The Balaban J connectivity index is 2.09. The van der Waals surface area contributed by atoms with Gasteiger partial charge in [0.05, 0.1) is 0 Å². The predicted molar refractivity (Wildman–Crippen MR) is 43.0 cm³/mol. The summed E-state index contributed by atoms with van der Waals surface area (Å²) in [7, 11) is 0. The minimum absolute atomic E-state index is 0.253. The smallest absolute Gasteiger partial charge is 0.125 e. The molecule has 0 bridgehead atoms. The van der Waals surface area contributed by atoms with Gasteiger partial charge in [-0.2, -0.15) is 0 Å². The summed E-state index contributed by atoms with van der Waals surface area (Å²) in [6, 6.07) is 0.418. The maximum Gasteiger partial charge on any atom is 0.125 e. The first-order valence-corrected chi connectivity index (χ1v) is 4.30. The Bertz CT molecular complexity index is 188. The van der Waals surface area contributed by atoms with Crippen LogP contribution >= 0.6 is 0 Å². The van der Waals surface area contributed by atoms with E-state index in [0.29, 0.717) is 12.0 Å². The van der Waals surface area contributed by atoms with E-state index in [4.69, 9.17) is 0 Å². The van der Waals surface area contributed by atoms with Crippen molar-refractivity contribution in [3.8, 4) is 0 Å². The summed E-state index contributed by atoms with van der Waals surface area (Å²) in [5.74, 6) is 0.877. The van der Waals surface area contributed by atoms with Gasteiger partial charge in [0, 0.05) is 12.0 Å². The molecular formula is C9H13NO. The highest BCUT2D eigenvalue weighted by atomic mass is 16.1. The van der Waals surface area contributed by atoms with Gasteiger partial charge >= 0.3 is 0 Å². The highest BCUT2D eigenvalue weighted by molar-refractivity contribution is 5.55. The van der Waals surface area contributed by atoms with Crippen molar-refractivity contribution in [1.82, 2.24) is 5.32 Å². The van der Waals surface area contributed by atoms with Gasteiger partial charge in [-0.15, -0.1) is 0 Å². The molecule has 1 saturated carbocycles. The van der Waals surface area contributed by atoms with Crippen LogP contribution in [0.3, 0.4) is 0 Å². The summed E-state index contributed by atoms with van der Waals surface area (Å²) in [6.45, 7) is 0. The van der Waals surface area contributed by atoms with Crippen molar-refractivity contribution in [1.29, 1.82) is 0 Å². The van der Waals surface area contributed by atoms with Crippen LogP contribution in [0.15, 0.2) is 12.3 Å². The molecule has 3 unspecified atom stereocenters. The largest absolute Gasteiger partial charge is 0.387 e. The fraction of sp³-hybridized carbons (Fsp3) is 0.667. The van der Waals surface area contributed by atoms with Gasteiger partial charge in [0.15, 0.2) is 0 Å². The second-order valence-corrected chi connectivity index (χ2v) is 3.45. The van der Waals surface area contributed by atoms with Crippen LogP contribution in [0.5, 0.6) is 0 Å². The third kappa shape index (κ3) is 1.06. The number of hydrogen-bond donors (Lipinski definition) is 1. The third-order valence-corrected chi connectivity index (χ3v) is 2.80. The van der Waals surface area contributed by atoms with Crippen molar-refractivity contribution in [2.45, 2.75) is 25.3 Å². The van der Waals surface area contributed by atoms with Crippen molar-refractivity contribution in [2.24, 2.45) is 11.8 Å². The second kappa shape index (κ2) is 2.68. The van der Waals surface area contributed by atoms with E-state index in [1.807, 2.05) is 6.20 Å². The van der Waals surface area contributed by atoms with E-state index in [0.717, 1.165) is 12.7 Å². The molecule has 0 amide bonds. The van der Waals surface area contributed by atoms with Crippen LogP contribution in [0.1, 0.15) is 19.3 Å². The molecule has 2 rings (SSSR count). The molecule has 60 valence electrons. The maximum absolute atomic E-state index is 10.6. The van der Waals surface area contributed by atoms with Crippen LogP contribution in [0.25, 0.3) is 0 Å². The van der Waals surface area contributed by atoms with Crippen molar-refractivity contribution in [3.63, 3.8) is 0 Å². The Labute approximate surface area is 66.7 Å². The molecule has 0 aromatic rings. The van der Waals surface area contributed by atoms with E-state index in [-0.39, 0.29) is 5.92 Å². The third-order valence-electron chi connectivity index (χ3n) is 2.80. The summed E-state index contributed by atoms with van der Waals surface area (Å²) in [5.41, 5.74) is 0. The van der Waals surface area contributed by atoms with Gasteiger partial charge in [0.1, 0.15) is 6.29 Å². The Morgan fingerprint density at radius 1 is 1.45 bits per heavy atom. The zero-order valence-corrected chi connectivity index (χ0v) is 6.49. The molecule has 1 aliphatic heterocycles. The molecule has 1 N–H and O–H groups in total. The zero-order chi connectivity index (χ0) is 7.68. The molecule has 0 saturated heterocycles. The molecule has 0 aromatic carbocycles. The van der Waals surface area contributed by atoms with E-state index in [9.17, 15) is 4.79 Å². The zero-order valence-electron chi connectivity index (χ0n) is 6.49. The van der Waals surface area contributed by atoms with E-state index in [2.05, 4.69) is 11.4 Å². The summed E-state index contributed by atoms with van der Waals surface area (Å²) >= 11 is 0. The Hall–Kier alpha value is -0.790. The lowest BCUT2D eigenvalue weighted by Gasteiger charge is -2.30. The monoisotopic (exact) mass is 151 g/mol. The summed E-state index contributed by atoms with van der Waals surface area (Å²) in [5, 5.41) is 3.25. The van der Waals surface area contributed by atoms with Gasteiger partial charge in [-0.3, -0.25) is 0 Å². The van der Waals surface area contributed by atoms with Gasteiger partial charge in [0.25, 0.3) is 0 Å². The van der Waals surface area contributed by atoms with Gasteiger partial charge in [-0.05, 0) is 25.0 Å². The number of aldehydes is 1. The predicted octanol–water partition coefficient (Wildman–Crippen LogP) is 1.09. The van der Waals surface area contributed by atoms with Crippen molar-refractivity contribution in [3.05, 3.63) is 12.3 Å². The normalized spacial score (nSPS) is 41.3. The van der Waals surface area contributed by atoms with Gasteiger partial charge in [0.2, 0.25) is 0 Å². The minimum atomic E-state index is 0.253. The van der Waals surface area contributed by atoms with Crippen molar-refractivity contribution >= 4 is 6.29 Å². The van der Waals surface area contributed by atoms with Crippen LogP contribution in [-0.4, -0.2) is 12.3 Å². The quantitative estimate of drug-likeness (QED) is 0.568. The fourth-order valence-corrected chi connectivity index (χ4v) is 2.17. The van der Waals surface area contributed by atoms with E-state index in [1.54, 1.807) is 0 Å². The number of carbonyl (C=O) groups is 1. The maximum atomic E-state index is 10.6. The molecule has 0 aromatic heterocycles. The molecule has 0 radical (unpaired) electrons. The van der Waals surface area contributed by atoms with Crippen LogP contribution in [-0.2, 0) is 4.79 Å². The van der Waals surface area contributed by atoms with E-state index in [1.165, 1.54) is 12.8 Å². The van der Waals surface area contributed by atoms with E-state index < -0.39 is 0 Å². The van der Waals surface area contributed by atoms with Crippen LogP contribution in [0.2, 0.25) is 0 Å². The average molecular weight is 151 g/mol. The lowest BCUT2D eigenvalue weighted by Crippen LogP contribution is -2.38. The first-order valence-electron chi connectivity index (χ1n) is 4.30. The topological polar surface area (TPSA) is 29.1 Å². The molecular weight excluding hydrogens is 138 g/mol. The first-order chi connectivity index (χ1) is 5.42. The number of nitrogens with one attached hydrogen (secondary N) is 1. The second-order valence-electron chi connectivity index (χ2n) is 3.45. The Kier molecular flexibility index (Phi) is 1.68. The molecule has 0 spiro atoms. The highest BCUT2D eigenvalue weighted by Gasteiger charge is 2.33. The van der Waals surface area contributed by atoms with Gasteiger partial charge in [-0.25, -0.2) is 0 Å². The summed E-state index contributed by atoms with van der Waals surface area (Å²) in [6.07, 6.45) is 8.82. The number of rotatable bonds is 1. The lowest BCUT2D eigenvalue weighted by atomic mass is 9.79. The minimum Gasteiger partial charge on any atom is -0.387 e. The average Bonchev–Trinajstić information content (AvgIpc) is 2.50. The highest BCUT2D eigenvalue weighted by Crippen LogP contribution is 2.31. The fourth-order valence-electron chi connectivity index (χ4n) is 2.17. The van der Waals surface area contributed by atoms with Crippen LogP contribution in [0.4, 0.5) is 0 Å². The van der Waals surface area contributed by atoms with Gasteiger partial charge < -0.3 is 10.1 Å². The first kappa shape index (κ1) is 6.89. The van der Waals surface area contributed by atoms with Crippen LogP contribution < -0.4 is 5.32 Å². The SMILES string of the molecule is O=CC1CCCC2C=CNC12.